The average molecular weight is 329 g/mol. The summed E-state index contributed by atoms with van der Waals surface area (Å²) in [4.78, 5) is 37.7. The molecule has 0 aliphatic carbocycles. The van der Waals surface area contributed by atoms with Gasteiger partial charge >= 0.3 is 6.03 Å². The van der Waals surface area contributed by atoms with Crippen LogP contribution >= 0.6 is 0 Å². The summed E-state index contributed by atoms with van der Waals surface area (Å²) in [5.74, 6) is -0.316. The number of benzene rings is 1. The highest BCUT2D eigenvalue weighted by molar-refractivity contribution is 6.07. The van der Waals surface area contributed by atoms with Crippen LogP contribution in [-0.4, -0.2) is 41.4 Å². The minimum absolute atomic E-state index is 0.0324. The number of carbonyl (C=O) groups excluding carboxylic acids is 3. The second kappa shape index (κ2) is 5.61. The van der Waals surface area contributed by atoms with E-state index in [1.165, 1.54) is 5.56 Å². The molecule has 6 heteroatoms. The topological polar surface area (TPSA) is 78.5 Å². The first-order valence-corrected chi connectivity index (χ1v) is 8.25. The number of urea groups is 1. The summed E-state index contributed by atoms with van der Waals surface area (Å²) in [6, 6.07) is 7.25. The zero-order valence-corrected chi connectivity index (χ0v) is 14.3. The zero-order chi connectivity index (χ0) is 17.5. The van der Waals surface area contributed by atoms with Crippen molar-refractivity contribution in [1.82, 2.24) is 15.5 Å². The minimum Gasteiger partial charge on any atom is -0.338 e. The summed E-state index contributed by atoms with van der Waals surface area (Å²) in [6.45, 7) is 7.31. The van der Waals surface area contributed by atoms with Gasteiger partial charge in [-0.15, -0.1) is 0 Å². The van der Waals surface area contributed by atoms with Crippen LogP contribution in [0.3, 0.4) is 0 Å². The van der Waals surface area contributed by atoms with Gasteiger partial charge in [0.05, 0.1) is 0 Å². The van der Waals surface area contributed by atoms with E-state index < -0.39 is 11.6 Å². The molecule has 0 radical (unpaired) electrons. The lowest BCUT2D eigenvalue weighted by molar-refractivity contribution is -0.125. The third-order valence-electron chi connectivity index (χ3n) is 4.92. The molecule has 2 heterocycles. The molecule has 0 aromatic heterocycles. The summed E-state index contributed by atoms with van der Waals surface area (Å²) < 4.78 is 0. The van der Waals surface area contributed by atoms with Gasteiger partial charge in [0.25, 0.3) is 11.8 Å². The van der Waals surface area contributed by atoms with Crippen molar-refractivity contribution in [3.8, 4) is 0 Å². The average Bonchev–Trinajstić information content (AvgIpc) is 2.80. The van der Waals surface area contributed by atoms with Crippen molar-refractivity contribution in [1.29, 1.82) is 0 Å². The second-order valence-corrected chi connectivity index (χ2v) is 7.61. The van der Waals surface area contributed by atoms with E-state index in [9.17, 15) is 14.4 Å². The van der Waals surface area contributed by atoms with Crippen LogP contribution in [0.15, 0.2) is 24.3 Å². The molecule has 0 unspecified atom stereocenters. The molecule has 6 nitrogen and oxygen atoms in total. The predicted molar refractivity (Wildman–Crippen MR) is 89.7 cm³/mol. The molecule has 3 rings (SSSR count). The van der Waals surface area contributed by atoms with Gasteiger partial charge in [-0.3, -0.25) is 14.9 Å². The maximum Gasteiger partial charge on any atom is 0.322 e. The number of nitrogens with zero attached hydrogens (tertiary/aromatic N) is 1. The lowest BCUT2D eigenvalue weighted by Gasteiger charge is -2.37. The van der Waals surface area contributed by atoms with E-state index in [-0.39, 0.29) is 17.2 Å². The number of rotatable bonds is 1. The lowest BCUT2D eigenvalue weighted by atomic mass is 9.86. The molecule has 0 bridgehead atoms. The van der Waals surface area contributed by atoms with Crippen LogP contribution in [0.2, 0.25) is 0 Å². The van der Waals surface area contributed by atoms with Gasteiger partial charge in [-0.25, -0.2) is 4.79 Å². The molecule has 2 fully saturated rings. The van der Waals surface area contributed by atoms with Gasteiger partial charge in [0.1, 0.15) is 5.54 Å². The first kappa shape index (κ1) is 16.5. The molecule has 4 amide bonds. The molecule has 1 aromatic carbocycles. The molecular formula is C18H23N3O3. The maximum atomic E-state index is 12.6. The molecule has 0 atom stereocenters. The van der Waals surface area contributed by atoms with Crippen molar-refractivity contribution < 1.29 is 14.4 Å². The van der Waals surface area contributed by atoms with Gasteiger partial charge in [0, 0.05) is 18.7 Å². The Kier molecular flexibility index (Phi) is 3.86. The molecule has 24 heavy (non-hydrogen) atoms. The quantitative estimate of drug-likeness (QED) is 0.771. The van der Waals surface area contributed by atoms with E-state index in [1.807, 2.05) is 24.3 Å². The van der Waals surface area contributed by atoms with Crippen molar-refractivity contribution >= 4 is 17.8 Å². The van der Waals surface area contributed by atoms with Gasteiger partial charge in [0.2, 0.25) is 0 Å². The SMILES string of the molecule is CC(C)(C)c1ccc(C(=O)N2CCC3(CC2)NC(=O)NC3=O)cc1. The van der Waals surface area contributed by atoms with Gasteiger partial charge in [0.15, 0.2) is 0 Å². The Morgan fingerprint density at radius 3 is 2.12 bits per heavy atom. The van der Waals surface area contributed by atoms with Crippen molar-refractivity contribution in [2.45, 2.75) is 44.6 Å². The highest BCUT2D eigenvalue weighted by atomic mass is 16.2. The van der Waals surface area contributed by atoms with Crippen molar-refractivity contribution in [2.75, 3.05) is 13.1 Å². The summed E-state index contributed by atoms with van der Waals surface area (Å²) >= 11 is 0. The first-order valence-electron chi connectivity index (χ1n) is 8.25. The summed E-state index contributed by atoms with van der Waals surface area (Å²) in [5, 5.41) is 4.99. The van der Waals surface area contributed by atoms with Crippen LogP contribution < -0.4 is 10.6 Å². The summed E-state index contributed by atoms with van der Waals surface area (Å²) in [6.07, 6.45) is 0.882. The second-order valence-electron chi connectivity index (χ2n) is 7.61. The fourth-order valence-electron chi connectivity index (χ4n) is 3.27. The molecule has 128 valence electrons. The molecule has 2 aliphatic heterocycles. The molecule has 2 N–H and O–H groups in total. The lowest BCUT2D eigenvalue weighted by Crippen LogP contribution is -2.55. The Labute approximate surface area is 141 Å². The normalized spacial score (nSPS) is 20.0. The number of likely N-dealkylation sites (tertiary alicyclic amines) is 1. The van der Waals surface area contributed by atoms with E-state index in [0.717, 1.165) is 0 Å². The highest BCUT2D eigenvalue weighted by Gasteiger charge is 2.48. The van der Waals surface area contributed by atoms with E-state index >= 15 is 0 Å². The van der Waals surface area contributed by atoms with Crippen molar-refractivity contribution in [3.63, 3.8) is 0 Å². The fraction of sp³-hybridized carbons (Fsp3) is 0.500. The molecule has 2 saturated heterocycles. The van der Waals surface area contributed by atoms with Gasteiger partial charge < -0.3 is 10.2 Å². The third kappa shape index (κ3) is 2.88. The first-order chi connectivity index (χ1) is 11.2. The largest absolute Gasteiger partial charge is 0.338 e. The zero-order valence-electron chi connectivity index (χ0n) is 14.3. The summed E-state index contributed by atoms with van der Waals surface area (Å²) in [5.41, 5.74) is 1.04. The molecular weight excluding hydrogens is 306 g/mol. The van der Waals surface area contributed by atoms with E-state index in [2.05, 4.69) is 31.4 Å². The van der Waals surface area contributed by atoms with Gasteiger partial charge in [-0.1, -0.05) is 32.9 Å². The van der Waals surface area contributed by atoms with E-state index in [4.69, 9.17) is 0 Å². The van der Waals surface area contributed by atoms with Gasteiger partial charge in [-0.05, 0) is 36.0 Å². The number of hydrogen-bond acceptors (Lipinski definition) is 3. The Hall–Kier alpha value is -2.37. The molecule has 1 aromatic rings. The van der Waals surface area contributed by atoms with Crippen LogP contribution in [0, 0.1) is 0 Å². The number of hydrogen-bond donors (Lipinski definition) is 2. The monoisotopic (exact) mass is 329 g/mol. The van der Waals surface area contributed by atoms with Crippen molar-refractivity contribution in [2.24, 2.45) is 0 Å². The standard InChI is InChI=1S/C18H23N3O3/c1-17(2,3)13-6-4-12(5-7-13)14(22)21-10-8-18(9-11-21)15(23)19-16(24)20-18/h4-7H,8-11H2,1-3H3,(H2,19,20,23,24). The Bertz CT molecular complexity index is 680. The number of amides is 4. The predicted octanol–water partition coefficient (Wildman–Crippen LogP) is 1.80. The molecule has 0 saturated carbocycles. The number of carbonyl (C=O) groups is 3. The molecule has 1 spiro atoms. The van der Waals surface area contributed by atoms with E-state index in [1.54, 1.807) is 4.90 Å². The van der Waals surface area contributed by atoms with E-state index in [0.29, 0.717) is 31.5 Å². The van der Waals surface area contributed by atoms with Crippen LogP contribution in [0.25, 0.3) is 0 Å². The molecule has 2 aliphatic rings. The number of imide groups is 1. The Balaban J connectivity index is 1.67. The number of piperidine rings is 1. The van der Waals surface area contributed by atoms with Crippen LogP contribution in [0.5, 0.6) is 0 Å². The van der Waals surface area contributed by atoms with Crippen LogP contribution in [-0.2, 0) is 10.2 Å². The fourth-order valence-corrected chi connectivity index (χ4v) is 3.27. The van der Waals surface area contributed by atoms with Gasteiger partial charge in [-0.2, -0.15) is 0 Å². The van der Waals surface area contributed by atoms with Crippen LogP contribution in [0.4, 0.5) is 4.79 Å². The minimum atomic E-state index is -0.843. The van der Waals surface area contributed by atoms with Crippen molar-refractivity contribution in [3.05, 3.63) is 35.4 Å². The number of nitrogens with one attached hydrogen (secondary N) is 2. The van der Waals surface area contributed by atoms with Crippen LogP contribution in [0.1, 0.15) is 49.5 Å². The highest BCUT2D eigenvalue weighted by Crippen LogP contribution is 2.27. The third-order valence-corrected chi connectivity index (χ3v) is 4.92. The Morgan fingerprint density at radius 1 is 1.08 bits per heavy atom. The Morgan fingerprint density at radius 2 is 1.67 bits per heavy atom. The maximum absolute atomic E-state index is 12.6. The summed E-state index contributed by atoms with van der Waals surface area (Å²) in [7, 11) is 0. The smallest absolute Gasteiger partial charge is 0.322 e.